The fraction of sp³-hybridized carbons (Fsp3) is 0.0476. The Kier molecular flexibility index (Phi) is 5.79. The lowest BCUT2D eigenvalue weighted by atomic mass is 10.3. The number of sulfonamides is 1. The molecule has 2 aromatic carbocycles. The van der Waals surface area contributed by atoms with Crippen molar-refractivity contribution in [3.05, 3.63) is 84.4 Å². The number of nitrogens with zero attached hydrogens (tertiary/aromatic N) is 3. The summed E-state index contributed by atoms with van der Waals surface area (Å²) < 4.78 is 40.7. The lowest BCUT2D eigenvalue weighted by Crippen LogP contribution is -2.14. The van der Waals surface area contributed by atoms with Crippen molar-refractivity contribution in [2.75, 3.05) is 11.8 Å². The predicted octanol–water partition coefficient (Wildman–Crippen LogP) is 4.52. The van der Waals surface area contributed by atoms with E-state index in [-0.39, 0.29) is 15.7 Å². The van der Waals surface area contributed by atoms with Gasteiger partial charge in [-0.1, -0.05) is 11.6 Å². The van der Waals surface area contributed by atoms with Crippen molar-refractivity contribution < 1.29 is 17.9 Å². The number of methoxy groups -OCH3 is 1. The van der Waals surface area contributed by atoms with Gasteiger partial charge in [0, 0.05) is 29.2 Å². The topological polar surface area (TPSA) is 95.3 Å². The predicted molar refractivity (Wildman–Crippen MR) is 117 cm³/mol. The highest BCUT2D eigenvalue weighted by Gasteiger charge is 2.20. The van der Waals surface area contributed by atoms with E-state index in [2.05, 4.69) is 14.7 Å². The van der Waals surface area contributed by atoms with Crippen molar-refractivity contribution in [3.63, 3.8) is 0 Å². The van der Waals surface area contributed by atoms with Crippen molar-refractivity contribution in [3.8, 4) is 23.2 Å². The molecule has 1 N–H and O–H groups in total. The van der Waals surface area contributed by atoms with Gasteiger partial charge in [-0.3, -0.25) is 4.72 Å². The summed E-state index contributed by atoms with van der Waals surface area (Å²) in [5.41, 5.74) is 0.352. The number of aromatic nitrogens is 3. The average Bonchev–Trinajstić information content (AvgIpc) is 3.30. The number of anilines is 1. The number of nitrogens with one attached hydrogen (secondary N) is 1. The third kappa shape index (κ3) is 4.79. The van der Waals surface area contributed by atoms with Crippen molar-refractivity contribution >= 4 is 27.3 Å². The number of hydrogen-bond donors (Lipinski definition) is 1. The van der Waals surface area contributed by atoms with E-state index in [9.17, 15) is 8.42 Å². The molecule has 0 aliphatic carbocycles. The maximum Gasteiger partial charge on any atom is 0.265 e. The van der Waals surface area contributed by atoms with Gasteiger partial charge in [0.15, 0.2) is 0 Å². The standard InChI is InChI=1S/C21H17ClN4O4S/c1-29-18-9-4-15(22)12-19(18)31(27,28)25-16-5-7-17(8-6-16)30-21-13-20(23-14-24-21)26-10-2-3-11-26/h2-14,25H,1H3. The van der Waals surface area contributed by atoms with Gasteiger partial charge in [-0.15, -0.1) is 0 Å². The Labute approximate surface area is 184 Å². The molecule has 0 aliphatic rings. The molecule has 0 fully saturated rings. The van der Waals surface area contributed by atoms with Crippen LogP contribution >= 0.6 is 11.6 Å². The van der Waals surface area contributed by atoms with Crippen LogP contribution in [0.1, 0.15) is 0 Å². The minimum absolute atomic E-state index is 0.0543. The summed E-state index contributed by atoms with van der Waals surface area (Å²) in [6, 6.07) is 16.3. The number of rotatable bonds is 7. The van der Waals surface area contributed by atoms with Gasteiger partial charge in [-0.05, 0) is 54.6 Å². The van der Waals surface area contributed by atoms with Crippen LogP contribution in [0.2, 0.25) is 5.02 Å². The Morgan fingerprint density at radius 3 is 2.45 bits per heavy atom. The van der Waals surface area contributed by atoms with Gasteiger partial charge in [0.2, 0.25) is 5.88 Å². The molecule has 31 heavy (non-hydrogen) atoms. The van der Waals surface area contributed by atoms with E-state index in [0.717, 1.165) is 0 Å². The van der Waals surface area contributed by atoms with Crippen LogP contribution in [-0.2, 0) is 10.0 Å². The lowest BCUT2D eigenvalue weighted by molar-refractivity contribution is 0.403. The van der Waals surface area contributed by atoms with E-state index >= 15 is 0 Å². The summed E-state index contributed by atoms with van der Waals surface area (Å²) in [4.78, 5) is 8.26. The van der Waals surface area contributed by atoms with Gasteiger partial charge in [-0.2, -0.15) is 0 Å². The Morgan fingerprint density at radius 1 is 1.00 bits per heavy atom. The van der Waals surface area contributed by atoms with Crippen molar-refractivity contribution in [2.45, 2.75) is 4.90 Å². The number of hydrogen-bond acceptors (Lipinski definition) is 6. The van der Waals surface area contributed by atoms with Gasteiger partial charge in [0.25, 0.3) is 10.0 Å². The fourth-order valence-corrected chi connectivity index (χ4v) is 4.29. The molecule has 10 heteroatoms. The molecule has 0 saturated heterocycles. The summed E-state index contributed by atoms with van der Waals surface area (Å²) in [6.45, 7) is 0. The molecular weight excluding hydrogens is 440 g/mol. The zero-order valence-corrected chi connectivity index (χ0v) is 17.8. The van der Waals surface area contributed by atoms with Gasteiger partial charge < -0.3 is 14.0 Å². The van der Waals surface area contributed by atoms with Crippen LogP contribution in [0.15, 0.2) is 84.3 Å². The third-order valence-corrected chi connectivity index (χ3v) is 5.88. The fourth-order valence-electron chi connectivity index (χ4n) is 2.80. The molecule has 0 bridgehead atoms. The first-order valence-electron chi connectivity index (χ1n) is 9.04. The molecule has 0 unspecified atom stereocenters. The molecule has 8 nitrogen and oxygen atoms in total. The molecule has 0 amide bonds. The van der Waals surface area contributed by atoms with Crippen molar-refractivity contribution in [1.82, 2.24) is 14.5 Å². The molecule has 4 aromatic rings. The van der Waals surface area contributed by atoms with Crippen molar-refractivity contribution in [2.24, 2.45) is 0 Å². The van der Waals surface area contributed by atoms with E-state index in [4.69, 9.17) is 21.1 Å². The molecule has 0 radical (unpaired) electrons. The summed E-state index contributed by atoms with van der Waals surface area (Å²) in [6.07, 6.45) is 5.13. The second-order valence-corrected chi connectivity index (χ2v) is 8.42. The second-order valence-electron chi connectivity index (χ2n) is 6.33. The Hall–Kier alpha value is -3.56. The molecule has 2 heterocycles. The highest BCUT2D eigenvalue weighted by Crippen LogP contribution is 2.29. The molecule has 0 atom stereocenters. The average molecular weight is 457 g/mol. The van der Waals surface area contributed by atoms with Crippen LogP contribution in [0.4, 0.5) is 5.69 Å². The maximum absolute atomic E-state index is 12.8. The molecule has 2 aromatic heterocycles. The first-order valence-corrected chi connectivity index (χ1v) is 10.9. The van der Waals surface area contributed by atoms with E-state index < -0.39 is 10.0 Å². The maximum atomic E-state index is 12.8. The van der Waals surface area contributed by atoms with Crippen LogP contribution in [-0.4, -0.2) is 30.1 Å². The van der Waals surface area contributed by atoms with Crippen molar-refractivity contribution in [1.29, 1.82) is 0 Å². The third-order valence-electron chi connectivity index (χ3n) is 4.24. The van der Waals surface area contributed by atoms with Gasteiger partial charge in [0.05, 0.1) is 7.11 Å². The monoisotopic (exact) mass is 456 g/mol. The van der Waals surface area contributed by atoms with E-state index in [1.807, 2.05) is 29.1 Å². The molecular formula is C21H17ClN4O4S. The zero-order chi connectivity index (χ0) is 21.8. The molecule has 4 rings (SSSR count). The number of benzene rings is 2. The molecule has 0 aliphatic heterocycles. The SMILES string of the molecule is COc1ccc(Cl)cc1S(=O)(=O)Nc1ccc(Oc2cc(-n3cccc3)ncn2)cc1. The molecule has 0 spiro atoms. The first-order chi connectivity index (χ1) is 14.9. The summed E-state index contributed by atoms with van der Waals surface area (Å²) in [5.74, 6) is 1.70. The number of halogens is 1. The summed E-state index contributed by atoms with van der Waals surface area (Å²) in [5, 5.41) is 0.286. The van der Waals surface area contributed by atoms with Gasteiger partial charge in [0.1, 0.15) is 28.5 Å². The van der Waals surface area contributed by atoms with E-state index in [1.165, 1.54) is 25.6 Å². The van der Waals surface area contributed by atoms with E-state index in [1.54, 1.807) is 36.4 Å². The highest BCUT2D eigenvalue weighted by atomic mass is 35.5. The molecule has 158 valence electrons. The first kappa shape index (κ1) is 20.7. The Morgan fingerprint density at radius 2 is 1.74 bits per heavy atom. The van der Waals surface area contributed by atoms with Crippen LogP contribution in [0, 0.1) is 0 Å². The minimum Gasteiger partial charge on any atom is -0.495 e. The quantitative estimate of drug-likeness (QED) is 0.439. The Balaban J connectivity index is 1.50. The minimum atomic E-state index is -3.90. The number of ether oxygens (including phenoxy) is 2. The van der Waals surface area contributed by atoms with E-state index in [0.29, 0.717) is 23.1 Å². The lowest BCUT2D eigenvalue weighted by Gasteiger charge is -2.12. The van der Waals surface area contributed by atoms with Gasteiger partial charge >= 0.3 is 0 Å². The summed E-state index contributed by atoms with van der Waals surface area (Å²) in [7, 11) is -2.51. The Bertz CT molecular complexity index is 1290. The van der Waals surface area contributed by atoms with Crippen LogP contribution in [0.3, 0.4) is 0 Å². The largest absolute Gasteiger partial charge is 0.495 e. The van der Waals surface area contributed by atoms with Crippen LogP contribution in [0.25, 0.3) is 5.82 Å². The molecule has 0 saturated carbocycles. The van der Waals surface area contributed by atoms with Gasteiger partial charge in [-0.25, -0.2) is 18.4 Å². The normalized spacial score (nSPS) is 11.2. The zero-order valence-electron chi connectivity index (χ0n) is 16.3. The smallest absolute Gasteiger partial charge is 0.265 e. The second kappa shape index (κ2) is 8.66. The summed E-state index contributed by atoms with van der Waals surface area (Å²) >= 11 is 5.95. The highest BCUT2D eigenvalue weighted by molar-refractivity contribution is 7.92. The van der Waals surface area contributed by atoms with Crippen LogP contribution < -0.4 is 14.2 Å². The van der Waals surface area contributed by atoms with Crippen LogP contribution in [0.5, 0.6) is 17.4 Å².